The lowest BCUT2D eigenvalue weighted by molar-refractivity contribution is -0.130. The lowest BCUT2D eigenvalue weighted by Crippen LogP contribution is -2.31. The normalized spacial score (nSPS) is 10.4. The minimum atomic E-state index is 0.0956. The van der Waals surface area contributed by atoms with Crippen LogP contribution >= 0.6 is 0 Å². The number of benzene rings is 1. The van der Waals surface area contributed by atoms with Crippen LogP contribution in [0.15, 0.2) is 24.3 Å². The highest BCUT2D eigenvalue weighted by molar-refractivity contribution is 5.76. The summed E-state index contributed by atoms with van der Waals surface area (Å²) in [6.45, 7) is 5.30. The number of amides is 1. The lowest BCUT2D eigenvalue weighted by Gasteiger charge is -2.19. The fourth-order valence-electron chi connectivity index (χ4n) is 1.70. The van der Waals surface area contributed by atoms with Crippen LogP contribution in [0.5, 0.6) is 5.75 Å². The zero-order valence-electron chi connectivity index (χ0n) is 11.3. The molecule has 0 aliphatic heterocycles. The van der Waals surface area contributed by atoms with E-state index >= 15 is 0 Å². The molecule has 0 heterocycles. The Hall–Kier alpha value is -1.71. The summed E-state index contributed by atoms with van der Waals surface area (Å²) in [7, 11) is 1.82. The molecule has 0 aliphatic rings. The molecule has 0 unspecified atom stereocenters. The van der Waals surface area contributed by atoms with E-state index in [0.717, 1.165) is 6.54 Å². The fraction of sp³-hybridized carbons (Fsp3) is 0.500. The van der Waals surface area contributed by atoms with Gasteiger partial charge in [-0.25, -0.2) is 0 Å². The summed E-state index contributed by atoms with van der Waals surface area (Å²) in [4.78, 5) is 13.5. The second kappa shape index (κ2) is 6.89. The molecule has 2 N–H and O–H groups in total. The summed E-state index contributed by atoms with van der Waals surface area (Å²) in [5.41, 5.74) is 6.34. The molecule has 1 aromatic rings. The van der Waals surface area contributed by atoms with Crippen LogP contribution in [0.3, 0.4) is 0 Å². The van der Waals surface area contributed by atoms with Crippen molar-refractivity contribution in [1.29, 1.82) is 0 Å². The van der Waals surface area contributed by atoms with Gasteiger partial charge >= 0.3 is 0 Å². The van der Waals surface area contributed by atoms with E-state index < -0.39 is 0 Å². The van der Waals surface area contributed by atoms with Gasteiger partial charge in [-0.2, -0.15) is 0 Å². The molecule has 100 valence electrons. The van der Waals surface area contributed by atoms with Gasteiger partial charge < -0.3 is 15.4 Å². The van der Waals surface area contributed by atoms with E-state index in [-0.39, 0.29) is 5.91 Å². The third-order valence-corrected chi connectivity index (χ3v) is 2.56. The predicted molar refractivity (Wildman–Crippen MR) is 73.4 cm³/mol. The summed E-state index contributed by atoms with van der Waals surface area (Å²) in [6, 6.07) is 7.29. The minimum absolute atomic E-state index is 0.0956. The molecule has 1 rings (SSSR count). The number of anilines is 1. The number of hydrogen-bond donors (Lipinski definition) is 1. The number of carbonyl (C=O) groups excluding carboxylic acids is 1. The largest absolute Gasteiger partial charge is 0.491 e. The van der Waals surface area contributed by atoms with E-state index in [2.05, 4.69) is 13.8 Å². The molecule has 0 aliphatic carbocycles. The number of hydrogen-bond acceptors (Lipinski definition) is 3. The van der Waals surface area contributed by atoms with Gasteiger partial charge in [0.2, 0.25) is 5.91 Å². The molecule has 0 saturated carbocycles. The van der Waals surface area contributed by atoms with Crippen molar-refractivity contribution >= 4 is 11.6 Å². The highest BCUT2D eigenvalue weighted by Gasteiger charge is 2.10. The number of nitrogens with two attached hydrogens (primary N) is 1. The average Bonchev–Trinajstić information content (AvgIpc) is 2.30. The Balaban J connectivity index is 2.34. The van der Waals surface area contributed by atoms with Crippen LogP contribution in [0.25, 0.3) is 0 Å². The van der Waals surface area contributed by atoms with Crippen LogP contribution in [0.1, 0.15) is 20.3 Å². The molecule has 0 aromatic heterocycles. The van der Waals surface area contributed by atoms with Gasteiger partial charge in [0.15, 0.2) is 0 Å². The Morgan fingerprint density at radius 2 is 2.06 bits per heavy atom. The Morgan fingerprint density at radius 1 is 1.39 bits per heavy atom. The number of ether oxygens (including phenoxy) is 1. The van der Waals surface area contributed by atoms with E-state index in [1.54, 1.807) is 17.0 Å². The van der Waals surface area contributed by atoms with Gasteiger partial charge in [0.25, 0.3) is 0 Å². The molecule has 0 spiro atoms. The van der Waals surface area contributed by atoms with E-state index in [9.17, 15) is 4.79 Å². The first-order valence-electron chi connectivity index (χ1n) is 6.22. The fourth-order valence-corrected chi connectivity index (χ4v) is 1.70. The number of rotatable bonds is 6. The molecule has 4 nitrogen and oxygen atoms in total. The molecular formula is C14H22N2O2. The number of para-hydroxylation sites is 2. The smallest absolute Gasteiger partial charge is 0.225 e. The molecular weight excluding hydrogens is 228 g/mol. The van der Waals surface area contributed by atoms with Gasteiger partial charge in [0.05, 0.1) is 18.7 Å². The summed E-state index contributed by atoms with van der Waals surface area (Å²) in [5.74, 6) is 1.21. The second-order valence-electron chi connectivity index (χ2n) is 4.80. The number of nitrogen functional groups attached to an aromatic ring is 1. The monoisotopic (exact) mass is 250 g/mol. The van der Waals surface area contributed by atoms with Crippen LogP contribution < -0.4 is 10.5 Å². The van der Waals surface area contributed by atoms with Gasteiger partial charge in [0.1, 0.15) is 5.75 Å². The first-order valence-corrected chi connectivity index (χ1v) is 6.22. The first-order chi connectivity index (χ1) is 8.50. The second-order valence-corrected chi connectivity index (χ2v) is 4.80. The maximum atomic E-state index is 11.8. The van der Waals surface area contributed by atoms with E-state index in [1.807, 2.05) is 19.2 Å². The maximum absolute atomic E-state index is 11.8. The van der Waals surface area contributed by atoms with Crippen molar-refractivity contribution in [2.75, 3.05) is 25.9 Å². The Bertz CT molecular complexity index is 391. The summed E-state index contributed by atoms with van der Waals surface area (Å²) in [6.07, 6.45) is 0.373. The molecule has 0 radical (unpaired) electrons. The molecule has 18 heavy (non-hydrogen) atoms. The zero-order chi connectivity index (χ0) is 13.5. The zero-order valence-corrected chi connectivity index (χ0v) is 11.3. The van der Waals surface area contributed by atoms with Crippen LogP contribution in [0.4, 0.5) is 5.69 Å². The van der Waals surface area contributed by atoms with Crippen molar-refractivity contribution in [3.05, 3.63) is 24.3 Å². The summed E-state index contributed by atoms with van der Waals surface area (Å²) >= 11 is 0. The van der Waals surface area contributed by atoms with Gasteiger partial charge in [-0.05, 0) is 18.1 Å². The van der Waals surface area contributed by atoms with E-state index in [4.69, 9.17) is 10.5 Å². The van der Waals surface area contributed by atoms with Gasteiger partial charge in [-0.1, -0.05) is 26.0 Å². The van der Waals surface area contributed by atoms with Crippen LogP contribution in [-0.4, -0.2) is 31.0 Å². The number of nitrogens with zero attached hydrogens (tertiary/aromatic N) is 1. The van der Waals surface area contributed by atoms with Crippen LogP contribution in [-0.2, 0) is 4.79 Å². The lowest BCUT2D eigenvalue weighted by atomic mass is 10.2. The quantitative estimate of drug-likeness (QED) is 0.787. The molecule has 1 amide bonds. The van der Waals surface area contributed by atoms with Crippen molar-refractivity contribution in [2.24, 2.45) is 5.92 Å². The minimum Gasteiger partial charge on any atom is -0.491 e. The summed E-state index contributed by atoms with van der Waals surface area (Å²) < 4.78 is 5.49. The van der Waals surface area contributed by atoms with Crippen molar-refractivity contribution in [2.45, 2.75) is 20.3 Å². The van der Waals surface area contributed by atoms with Crippen molar-refractivity contribution in [3.63, 3.8) is 0 Å². The van der Waals surface area contributed by atoms with Crippen molar-refractivity contribution < 1.29 is 9.53 Å². The highest BCUT2D eigenvalue weighted by Crippen LogP contribution is 2.19. The maximum Gasteiger partial charge on any atom is 0.225 e. The predicted octanol–water partition coefficient (Wildman–Crippen LogP) is 2.15. The Labute approximate surface area is 109 Å². The SMILES string of the molecule is CC(C)CN(C)C(=O)CCOc1ccccc1N. The van der Waals surface area contributed by atoms with Crippen molar-refractivity contribution in [3.8, 4) is 5.75 Å². The third-order valence-electron chi connectivity index (χ3n) is 2.56. The first kappa shape index (κ1) is 14.4. The van der Waals surface area contributed by atoms with Gasteiger partial charge in [0, 0.05) is 13.6 Å². The van der Waals surface area contributed by atoms with E-state index in [0.29, 0.717) is 30.4 Å². The average molecular weight is 250 g/mol. The molecule has 0 fully saturated rings. The Morgan fingerprint density at radius 3 is 2.67 bits per heavy atom. The molecule has 0 atom stereocenters. The molecule has 1 aromatic carbocycles. The van der Waals surface area contributed by atoms with Crippen LogP contribution in [0, 0.1) is 5.92 Å². The van der Waals surface area contributed by atoms with Gasteiger partial charge in [-0.15, -0.1) is 0 Å². The Kier molecular flexibility index (Phi) is 5.49. The molecule has 0 bridgehead atoms. The van der Waals surface area contributed by atoms with Crippen molar-refractivity contribution in [1.82, 2.24) is 4.90 Å². The van der Waals surface area contributed by atoms with Gasteiger partial charge in [-0.3, -0.25) is 4.79 Å². The molecule has 0 saturated heterocycles. The third kappa shape index (κ3) is 4.65. The van der Waals surface area contributed by atoms with E-state index in [1.165, 1.54) is 0 Å². The highest BCUT2D eigenvalue weighted by atomic mass is 16.5. The summed E-state index contributed by atoms with van der Waals surface area (Å²) in [5, 5.41) is 0. The standard InChI is InChI=1S/C14H22N2O2/c1-11(2)10-16(3)14(17)8-9-18-13-7-5-4-6-12(13)15/h4-7,11H,8-10,15H2,1-3H3. The molecule has 4 heteroatoms. The topological polar surface area (TPSA) is 55.6 Å². The number of carbonyl (C=O) groups is 1. The van der Waals surface area contributed by atoms with Crippen LogP contribution in [0.2, 0.25) is 0 Å².